The van der Waals surface area contributed by atoms with Gasteiger partial charge in [0.25, 0.3) is 0 Å². The van der Waals surface area contributed by atoms with E-state index in [0.717, 1.165) is 12.1 Å². The number of nitrogens with one attached hydrogen (secondary N) is 1. The van der Waals surface area contributed by atoms with Crippen molar-refractivity contribution in [3.63, 3.8) is 0 Å². The Morgan fingerprint density at radius 2 is 1.90 bits per heavy atom. The van der Waals surface area contributed by atoms with Gasteiger partial charge < -0.3 is 5.32 Å². The van der Waals surface area contributed by atoms with Gasteiger partial charge in [-0.25, -0.2) is 0 Å². The number of fused-ring (bicyclic) bond motifs is 1. The van der Waals surface area contributed by atoms with Crippen LogP contribution < -0.4 is 5.32 Å². The average Bonchev–Trinajstić information content (AvgIpc) is 2.46. The molecule has 1 amide bonds. The van der Waals surface area contributed by atoms with Crippen LogP contribution in [0.5, 0.6) is 0 Å². The Labute approximate surface area is 120 Å². The summed E-state index contributed by atoms with van der Waals surface area (Å²) in [4.78, 5) is 14.0. The van der Waals surface area contributed by atoms with E-state index in [1.54, 1.807) is 0 Å². The summed E-state index contributed by atoms with van der Waals surface area (Å²) in [6.45, 7) is 5.38. The molecule has 0 fully saturated rings. The number of hydrogen-bond donors (Lipinski definition) is 1. The summed E-state index contributed by atoms with van der Waals surface area (Å²) in [6.07, 6.45) is 0. The Kier molecular flexibility index (Phi) is 4.74. The van der Waals surface area contributed by atoms with Crippen molar-refractivity contribution in [1.82, 2.24) is 10.2 Å². The summed E-state index contributed by atoms with van der Waals surface area (Å²) in [7, 11) is 1.95. The molecule has 1 N–H and O–H groups in total. The van der Waals surface area contributed by atoms with E-state index in [4.69, 9.17) is 0 Å². The Bertz CT molecular complexity index is 589. The van der Waals surface area contributed by atoms with Crippen LogP contribution in [-0.2, 0) is 4.79 Å². The number of carbonyl (C=O) groups is 1. The van der Waals surface area contributed by atoms with Crippen LogP contribution in [0.25, 0.3) is 10.8 Å². The summed E-state index contributed by atoms with van der Waals surface area (Å²) in [5.41, 5.74) is 1.16. The van der Waals surface area contributed by atoms with Crippen molar-refractivity contribution in [2.75, 3.05) is 20.1 Å². The van der Waals surface area contributed by atoms with E-state index in [1.807, 2.05) is 44.0 Å². The van der Waals surface area contributed by atoms with Crippen molar-refractivity contribution in [3.05, 3.63) is 48.0 Å². The fourth-order valence-corrected chi connectivity index (χ4v) is 2.35. The van der Waals surface area contributed by atoms with Crippen LogP contribution in [0.2, 0.25) is 0 Å². The Morgan fingerprint density at radius 3 is 2.65 bits per heavy atom. The third-order valence-corrected chi connectivity index (χ3v) is 3.62. The number of rotatable bonds is 5. The minimum atomic E-state index is 0.0128. The smallest absolute Gasteiger partial charge is 0.234 e. The van der Waals surface area contributed by atoms with E-state index in [0.29, 0.717) is 6.54 Å². The van der Waals surface area contributed by atoms with Crippen LogP contribution in [0, 0.1) is 0 Å². The summed E-state index contributed by atoms with van der Waals surface area (Å²) >= 11 is 0. The minimum Gasteiger partial charge on any atom is -0.348 e. The third kappa shape index (κ3) is 3.36. The summed E-state index contributed by atoms with van der Waals surface area (Å²) in [6, 6.07) is 14.5. The zero-order valence-corrected chi connectivity index (χ0v) is 12.4. The third-order valence-electron chi connectivity index (χ3n) is 3.62. The molecule has 0 spiro atoms. The van der Waals surface area contributed by atoms with Crippen molar-refractivity contribution >= 4 is 16.7 Å². The Hall–Kier alpha value is -1.87. The highest BCUT2D eigenvalue weighted by molar-refractivity contribution is 5.87. The number of benzene rings is 2. The van der Waals surface area contributed by atoms with Crippen molar-refractivity contribution in [3.8, 4) is 0 Å². The van der Waals surface area contributed by atoms with Crippen LogP contribution in [0.3, 0.4) is 0 Å². The van der Waals surface area contributed by atoms with Crippen LogP contribution in [0.15, 0.2) is 42.5 Å². The lowest BCUT2D eigenvalue weighted by atomic mass is 10.00. The Morgan fingerprint density at radius 1 is 1.20 bits per heavy atom. The second-order valence-corrected chi connectivity index (χ2v) is 5.19. The highest BCUT2D eigenvalue weighted by Crippen LogP contribution is 2.23. The molecule has 3 heteroatoms. The second-order valence-electron chi connectivity index (χ2n) is 5.19. The largest absolute Gasteiger partial charge is 0.348 e. The van der Waals surface area contributed by atoms with Gasteiger partial charge in [-0.3, -0.25) is 9.69 Å². The molecule has 0 bridgehead atoms. The van der Waals surface area contributed by atoms with Gasteiger partial charge in [-0.1, -0.05) is 49.4 Å². The molecule has 1 atom stereocenters. The van der Waals surface area contributed by atoms with E-state index in [2.05, 4.69) is 29.6 Å². The van der Waals surface area contributed by atoms with E-state index in [9.17, 15) is 4.79 Å². The van der Waals surface area contributed by atoms with Crippen molar-refractivity contribution < 1.29 is 4.79 Å². The maximum atomic E-state index is 12.0. The highest BCUT2D eigenvalue weighted by Gasteiger charge is 2.12. The van der Waals surface area contributed by atoms with Gasteiger partial charge in [-0.05, 0) is 36.9 Å². The van der Waals surface area contributed by atoms with Gasteiger partial charge >= 0.3 is 0 Å². The Balaban J connectivity index is 2.15. The molecule has 0 aliphatic carbocycles. The zero-order chi connectivity index (χ0) is 14.5. The molecule has 0 saturated carbocycles. The van der Waals surface area contributed by atoms with Gasteiger partial charge in [0.1, 0.15) is 0 Å². The highest BCUT2D eigenvalue weighted by atomic mass is 16.2. The molecule has 1 unspecified atom stereocenters. The lowest BCUT2D eigenvalue weighted by Gasteiger charge is -2.19. The molecule has 20 heavy (non-hydrogen) atoms. The van der Waals surface area contributed by atoms with Crippen molar-refractivity contribution in [1.29, 1.82) is 0 Å². The molecule has 2 aromatic rings. The lowest BCUT2D eigenvalue weighted by molar-refractivity contribution is -0.122. The zero-order valence-electron chi connectivity index (χ0n) is 12.4. The molecule has 2 rings (SSSR count). The minimum absolute atomic E-state index is 0.0128. The van der Waals surface area contributed by atoms with Gasteiger partial charge in [0.2, 0.25) is 5.91 Å². The number of nitrogens with zero attached hydrogens (tertiary/aromatic N) is 1. The molecule has 3 nitrogen and oxygen atoms in total. The van der Waals surface area contributed by atoms with Crippen LogP contribution in [-0.4, -0.2) is 30.9 Å². The molecule has 2 aromatic carbocycles. The normalized spacial score (nSPS) is 12.6. The van der Waals surface area contributed by atoms with E-state index in [1.165, 1.54) is 10.8 Å². The number of hydrogen-bond acceptors (Lipinski definition) is 2. The first-order valence-corrected chi connectivity index (χ1v) is 7.07. The fraction of sp³-hybridized carbons (Fsp3) is 0.353. The molecule has 0 radical (unpaired) electrons. The summed E-state index contributed by atoms with van der Waals surface area (Å²) in [5.74, 6) is 0.0646. The first-order chi connectivity index (χ1) is 9.61. The molecular formula is C17H22N2O. The fourth-order valence-electron chi connectivity index (χ4n) is 2.35. The quantitative estimate of drug-likeness (QED) is 0.906. The van der Waals surface area contributed by atoms with Gasteiger partial charge in [-0.2, -0.15) is 0 Å². The maximum absolute atomic E-state index is 12.0. The molecule has 0 aromatic heterocycles. The lowest BCUT2D eigenvalue weighted by Crippen LogP contribution is -2.36. The first kappa shape index (κ1) is 14.5. The van der Waals surface area contributed by atoms with Crippen LogP contribution in [0.1, 0.15) is 25.5 Å². The van der Waals surface area contributed by atoms with Crippen LogP contribution in [0.4, 0.5) is 0 Å². The molecule has 0 aliphatic rings. The number of carbonyl (C=O) groups excluding carboxylic acids is 1. The number of amides is 1. The molecule has 0 aliphatic heterocycles. The molecular weight excluding hydrogens is 248 g/mol. The topological polar surface area (TPSA) is 32.3 Å². The van der Waals surface area contributed by atoms with E-state index < -0.39 is 0 Å². The van der Waals surface area contributed by atoms with Crippen molar-refractivity contribution in [2.24, 2.45) is 0 Å². The van der Waals surface area contributed by atoms with Gasteiger partial charge in [0.15, 0.2) is 0 Å². The van der Waals surface area contributed by atoms with E-state index in [-0.39, 0.29) is 11.9 Å². The summed E-state index contributed by atoms with van der Waals surface area (Å²) in [5, 5.41) is 5.48. The van der Waals surface area contributed by atoms with Gasteiger partial charge in [0, 0.05) is 0 Å². The van der Waals surface area contributed by atoms with Crippen LogP contribution >= 0.6 is 0 Å². The number of likely N-dealkylation sites (N-methyl/N-ethyl adjacent to an activating group) is 1. The second kappa shape index (κ2) is 6.53. The molecule has 0 saturated heterocycles. The first-order valence-electron chi connectivity index (χ1n) is 7.07. The summed E-state index contributed by atoms with van der Waals surface area (Å²) < 4.78 is 0. The van der Waals surface area contributed by atoms with Crippen molar-refractivity contribution in [2.45, 2.75) is 19.9 Å². The predicted octanol–water partition coefficient (Wildman–Crippen LogP) is 2.97. The monoisotopic (exact) mass is 270 g/mol. The standard InChI is InChI=1S/C17H22N2O/c1-4-19(3)12-17(20)18-13(2)15-11-7-9-14-8-5-6-10-16(14)15/h5-11,13H,4,12H2,1-3H3,(H,18,20). The molecule has 106 valence electrons. The van der Waals surface area contributed by atoms with E-state index >= 15 is 0 Å². The molecule has 0 heterocycles. The van der Waals surface area contributed by atoms with Gasteiger partial charge in [-0.15, -0.1) is 0 Å². The van der Waals surface area contributed by atoms with Gasteiger partial charge in [0.05, 0.1) is 12.6 Å². The average molecular weight is 270 g/mol. The maximum Gasteiger partial charge on any atom is 0.234 e. The predicted molar refractivity (Wildman–Crippen MR) is 83.7 cm³/mol. The SMILES string of the molecule is CCN(C)CC(=O)NC(C)c1cccc2ccccc12.